The molecule has 0 radical (unpaired) electrons. The molecule has 7 heteroatoms. The van der Waals surface area contributed by atoms with E-state index in [4.69, 9.17) is 4.74 Å². The number of nitrogens with one attached hydrogen (secondary N) is 3. The van der Waals surface area contributed by atoms with Crippen LogP contribution in [0.15, 0.2) is 42.5 Å². The lowest BCUT2D eigenvalue weighted by Crippen LogP contribution is -2.52. The number of benzene rings is 2. The van der Waals surface area contributed by atoms with E-state index in [1.54, 1.807) is 39.2 Å². The molecule has 4 N–H and O–H groups in total. The highest BCUT2D eigenvalue weighted by Crippen LogP contribution is 2.30. The van der Waals surface area contributed by atoms with E-state index in [9.17, 15) is 14.7 Å². The van der Waals surface area contributed by atoms with Gasteiger partial charge in [0.05, 0.1) is 23.6 Å². The summed E-state index contributed by atoms with van der Waals surface area (Å²) in [5, 5.41) is 18.8. The van der Waals surface area contributed by atoms with E-state index < -0.39 is 11.6 Å². The number of carbonyl (C=O) groups excluding carboxylic acids is 2. The van der Waals surface area contributed by atoms with Crippen molar-refractivity contribution >= 4 is 23.2 Å². The van der Waals surface area contributed by atoms with E-state index in [1.165, 1.54) is 0 Å². The van der Waals surface area contributed by atoms with Gasteiger partial charge in [-0.3, -0.25) is 9.59 Å². The first-order chi connectivity index (χ1) is 13.3. The number of ether oxygens (including phenoxy) is 1. The second-order valence-corrected chi connectivity index (χ2v) is 7.41. The molecule has 0 unspecified atom stereocenters. The van der Waals surface area contributed by atoms with Gasteiger partial charge < -0.3 is 25.8 Å². The van der Waals surface area contributed by atoms with Crippen molar-refractivity contribution in [2.45, 2.75) is 38.6 Å². The zero-order valence-corrected chi connectivity index (χ0v) is 16.2. The molecule has 1 heterocycles. The summed E-state index contributed by atoms with van der Waals surface area (Å²) in [5.74, 6) is -0.573. The van der Waals surface area contributed by atoms with Crippen molar-refractivity contribution in [2.24, 2.45) is 0 Å². The molecular weight excluding hydrogens is 358 g/mol. The molecule has 0 aliphatic carbocycles. The lowest BCUT2D eigenvalue weighted by molar-refractivity contribution is -0.121. The number of aliphatic hydroxyl groups is 1. The highest BCUT2D eigenvalue weighted by atomic mass is 16.5. The Morgan fingerprint density at radius 3 is 2.46 bits per heavy atom. The lowest BCUT2D eigenvalue weighted by Gasteiger charge is -2.34. The summed E-state index contributed by atoms with van der Waals surface area (Å²) in [6.07, 6.45) is 0. The summed E-state index contributed by atoms with van der Waals surface area (Å²) in [5.41, 5.74) is 2.46. The molecule has 2 aromatic rings. The minimum Gasteiger partial charge on any atom is -0.388 e. The monoisotopic (exact) mass is 383 g/mol. The smallest absolute Gasteiger partial charge is 0.251 e. The van der Waals surface area contributed by atoms with Gasteiger partial charge in [-0.1, -0.05) is 24.3 Å². The maximum atomic E-state index is 12.5. The Morgan fingerprint density at radius 2 is 1.82 bits per heavy atom. The van der Waals surface area contributed by atoms with Crippen LogP contribution in [0.25, 0.3) is 0 Å². The van der Waals surface area contributed by atoms with Gasteiger partial charge in [0.1, 0.15) is 6.04 Å². The van der Waals surface area contributed by atoms with Gasteiger partial charge in [-0.05, 0) is 43.2 Å². The SMILES string of the molecule is COCc1ccc(CNC(=O)c2ccc3c(c2)NC(=O)[C@H](C(C)(C)O)N3)cc1. The molecular formula is C21H25N3O4. The third-order valence-electron chi connectivity index (χ3n) is 4.60. The van der Waals surface area contributed by atoms with Gasteiger partial charge in [-0.15, -0.1) is 0 Å². The van der Waals surface area contributed by atoms with E-state index in [0.29, 0.717) is 30.1 Å². The molecule has 1 aliphatic rings. The van der Waals surface area contributed by atoms with Crippen molar-refractivity contribution in [3.05, 3.63) is 59.2 Å². The standard InChI is InChI=1S/C21H25N3O4/c1-21(2,27)18-20(26)24-17-10-15(8-9-16(17)23-18)19(25)22-11-13-4-6-14(7-5-13)12-28-3/h4-10,18,23,27H,11-12H2,1-3H3,(H,22,25)(H,24,26)/t18-/m1/s1. The zero-order chi connectivity index (χ0) is 20.3. The minimum absolute atomic E-state index is 0.234. The number of rotatable bonds is 6. The van der Waals surface area contributed by atoms with Crippen LogP contribution in [-0.4, -0.2) is 35.7 Å². The molecule has 28 heavy (non-hydrogen) atoms. The van der Waals surface area contributed by atoms with Gasteiger partial charge in [-0.2, -0.15) is 0 Å². The summed E-state index contributed by atoms with van der Waals surface area (Å²) >= 11 is 0. The number of fused-ring (bicyclic) bond motifs is 1. The largest absolute Gasteiger partial charge is 0.388 e. The first-order valence-electron chi connectivity index (χ1n) is 9.06. The molecule has 0 aromatic heterocycles. The molecule has 0 saturated heterocycles. The summed E-state index contributed by atoms with van der Waals surface area (Å²) in [6, 6.07) is 12.1. The second kappa shape index (κ2) is 8.00. The zero-order valence-electron chi connectivity index (χ0n) is 16.2. The van der Waals surface area contributed by atoms with Crippen molar-refractivity contribution in [3.63, 3.8) is 0 Å². The topological polar surface area (TPSA) is 99.7 Å². The Labute approximate surface area is 164 Å². The average Bonchev–Trinajstić information content (AvgIpc) is 2.65. The predicted octanol–water partition coefficient (Wildman–Crippen LogP) is 2.27. The maximum Gasteiger partial charge on any atom is 0.251 e. The molecule has 0 spiro atoms. The van der Waals surface area contributed by atoms with E-state index in [1.807, 2.05) is 24.3 Å². The van der Waals surface area contributed by atoms with Crippen LogP contribution in [0.1, 0.15) is 35.3 Å². The van der Waals surface area contributed by atoms with Gasteiger partial charge in [0.15, 0.2) is 0 Å². The molecule has 1 atom stereocenters. The maximum absolute atomic E-state index is 12.5. The molecule has 3 rings (SSSR count). The van der Waals surface area contributed by atoms with E-state index in [0.717, 1.165) is 11.1 Å². The van der Waals surface area contributed by atoms with Crippen LogP contribution in [0.4, 0.5) is 11.4 Å². The van der Waals surface area contributed by atoms with Crippen molar-refractivity contribution in [2.75, 3.05) is 17.7 Å². The Balaban J connectivity index is 1.65. The minimum atomic E-state index is -1.21. The summed E-state index contributed by atoms with van der Waals surface area (Å²) in [6.45, 7) is 4.09. The quantitative estimate of drug-likeness (QED) is 0.613. The van der Waals surface area contributed by atoms with Crippen LogP contribution >= 0.6 is 0 Å². The van der Waals surface area contributed by atoms with Crippen LogP contribution < -0.4 is 16.0 Å². The highest BCUT2D eigenvalue weighted by molar-refractivity contribution is 6.05. The van der Waals surface area contributed by atoms with Crippen LogP contribution in [-0.2, 0) is 22.7 Å². The predicted molar refractivity (Wildman–Crippen MR) is 107 cm³/mol. The normalized spacial score (nSPS) is 16.0. The molecule has 0 fully saturated rings. The van der Waals surface area contributed by atoms with Gasteiger partial charge >= 0.3 is 0 Å². The van der Waals surface area contributed by atoms with Crippen LogP contribution in [0.5, 0.6) is 0 Å². The fraction of sp³-hybridized carbons (Fsp3) is 0.333. The Hall–Kier alpha value is -2.90. The third-order valence-corrected chi connectivity index (χ3v) is 4.60. The molecule has 2 aromatic carbocycles. The molecule has 0 bridgehead atoms. The van der Waals surface area contributed by atoms with Crippen molar-refractivity contribution in [1.29, 1.82) is 0 Å². The Morgan fingerprint density at radius 1 is 1.14 bits per heavy atom. The fourth-order valence-corrected chi connectivity index (χ4v) is 3.04. The summed E-state index contributed by atoms with van der Waals surface area (Å²) in [4.78, 5) is 24.7. The second-order valence-electron chi connectivity index (χ2n) is 7.41. The van der Waals surface area contributed by atoms with Gasteiger partial charge in [0.25, 0.3) is 5.91 Å². The first-order valence-corrected chi connectivity index (χ1v) is 9.06. The average molecular weight is 383 g/mol. The van der Waals surface area contributed by atoms with Crippen molar-refractivity contribution in [1.82, 2.24) is 5.32 Å². The Kier molecular flexibility index (Phi) is 5.67. The molecule has 1 aliphatic heterocycles. The number of hydrogen-bond donors (Lipinski definition) is 4. The lowest BCUT2D eigenvalue weighted by atomic mass is 9.95. The van der Waals surface area contributed by atoms with Crippen molar-refractivity contribution < 1.29 is 19.4 Å². The van der Waals surface area contributed by atoms with Gasteiger partial charge in [-0.25, -0.2) is 0 Å². The first kappa shape index (κ1) is 19.9. The molecule has 0 saturated carbocycles. The highest BCUT2D eigenvalue weighted by Gasteiger charge is 2.36. The van der Waals surface area contributed by atoms with Crippen molar-refractivity contribution in [3.8, 4) is 0 Å². The van der Waals surface area contributed by atoms with Gasteiger partial charge in [0.2, 0.25) is 5.91 Å². The van der Waals surface area contributed by atoms with E-state index in [-0.39, 0.29) is 11.8 Å². The van der Waals surface area contributed by atoms with E-state index in [2.05, 4.69) is 16.0 Å². The molecule has 2 amide bonds. The number of carbonyl (C=O) groups is 2. The number of hydrogen-bond acceptors (Lipinski definition) is 5. The summed E-state index contributed by atoms with van der Waals surface area (Å²) < 4.78 is 5.08. The van der Waals surface area contributed by atoms with Crippen LogP contribution in [0.3, 0.4) is 0 Å². The summed E-state index contributed by atoms with van der Waals surface area (Å²) in [7, 11) is 1.65. The van der Waals surface area contributed by atoms with Gasteiger partial charge in [0, 0.05) is 19.2 Å². The Bertz CT molecular complexity index is 872. The molecule has 148 valence electrons. The molecule has 7 nitrogen and oxygen atoms in total. The third kappa shape index (κ3) is 4.49. The van der Waals surface area contributed by atoms with Crippen LogP contribution in [0, 0.1) is 0 Å². The number of methoxy groups -OCH3 is 1. The van der Waals surface area contributed by atoms with Crippen LogP contribution in [0.2, 0.25) is 0 Å². The fourth-order valence-electron chi connectivity index (χ4n) is 3.04. The van der Waals surface area contributed by atoms with E-state index >= 15 is 0 Å². The number of amides is 2. The number of anilines is 2.